The number of ether oxygens (including phenoxy) is 1. The first-order chi connectivity index (χ1) is 10.5. The third kappa shape index (κ3) is 4.22. The molecule has 1 fully saturated rings. The van der Waals surface area contributed by atoms with Crippen LogP contribution in [0, 0.1) is 0 Å². The summed E-state index contributed by atoms with van der Waals surface area (Å²) in [6.45, 7) is 12.3. The molecule has 0 radical (unpaired) electrons. The normalized spacial score (nSPS) is 19.2. The Morgan fingerprint density at radius 2 is 1.91 bits per heavy atom. The fourth-order valence-corrected chi connectivity index (χ4v) is 3.07. The van der Waals surface area contributed by atoms with Gasteiger partial charge in [0.15, 0.2) is 0 Å². The number of nitrogens with zero attached hydrogens (tertiary/aromatic N) is 1. The number of piperazine rings is 1. The Balaban J connectivity index is 2.15. The summed E-state index contributed by atoms with van der Waals surface area (Å²) in [5, 5.41) is 14.2. The van der Waals surface area contributed by atoms with E-state index < -0.39 is 6.10 Å². The number of aliphatic hydroxyl groups excluding tert-OH is 1. The van der Waals surface area contributed by atoms with Gasteiger partial charge in [-0.3, -0.25) is 4.90 Å². The summed E-state index contributed by atoms with van der Waals surface area (Å²) in [5.41, 5.74) is 2.21. The molecule has 124 valence electrons. The number of nitrogens with one attached hydrogen (secondary N) is 1. The number of hydrogen-bond acceptors (Lipinski definition) is 4. The molecule has 1 aliphatic heterocycles. The van der Waals surface area contributed by atoms with E-state index >= 15 is 0 Å². The number of aliphatic hydroxyl groups is 1. The number of hydrogen-bond donors (Lipinski definition) is 2. The number of aryl methyl sites for hydroxylation is 1. The van der Waals surface area contributed by atoms with E-state index in [4.69, 9.17) is 4.74 Å². The lowest BCUT2D eigenvalue weighted by molar-refractivity contribution is 0.0504. The summed E-state index contributed by atoms with van der Waals surface area (Å²) in [7, 11) is 0. The molecule has 0 bridgehead atoms. The largest absolute Gasteiger partial charge is 0.491 e. The topological polar surface area (TPSA) is 44.7 Å². The molecule has 0 saturated carbocycles. The Kier molecular flexibility index (Phi) is 6.24. The van der Waals surface area contributed by atoms with Crippen molar-refractivity contribution in [2.45, 2.75) is 52.4 Å². The highest BCUT2D eigenvalue weighted by molar-refractivity contribution is 5.37. The van der Waals surface area contributed by atoms with Crippen molar-refractivity contribution >= 4 is 0 Å². The van der Waals surface area contributed by atoms with Gasteiger partial charge >= 0.3 is 0 Å². The van der Waals surface area contributed by atoms with Gasteiger partial charge in [0.1, 0.15) is 5.75 Å². The zero-order valence-electron chi connectivity index (χ0n) is 14.3. The lowest BCUT2D eigenvalue weighted by Crippen LogP contribution is -2.49. The highest BCUT2D eigenvalue weighted by Gasteiger charge is 2.25. The average molecular weight is 306 g/mol. The first kappa shape index (κ1) is 17.3. The zero-order valence-corrected chi connectivity index (χ0v) is 14.3. The maximum absolute atomic E-state index is 10.8. The van der Waals surface area contributed by atoms with Gasteiger partial charge in [-0.25, -0.2) is 0 Å². The second-order valence-corrected chi connectivity index (χ2v) is 6.35. The van der Waals surface area contributed by atoms with Crippen LogP contribution in [-0.2, 0) is 6.42 Å². The van der Waals surface area contributed by atoms with Crippen molar-refractivity contribution < 1.29 is 9.84 Å². The predicted octanol–water partition coefficient (Wildman–Crippen LogP) is 2.36. The van der Waals surface area contributed by atoms with Gasteiger partial charge in [0.25, 0.3) is 0 Å². The van der Waals surface area contributed by atoms with Crippen LogP contribution in [0.2, 0.25) is 0 Å². The molecule has 22 heavy (non-hydrogen) atoms. The molecule has 4 nitrogen and oxygen atoms in total. The van der Waals surface area contributed by atoms with Gasteiger partial charge in [0, 0.05) is 32.2 Å². The van der Waals surface area contributed by atoms with Crippen LogP contribution >= 0.6 is 0 Å². The summed E-state index contributed by atoms with van der Waals surface area (Å²) in [4.78, 5) is 2.36. The molecular formula is C18H30N2O2. The van der Waals surface area contributed by atoms with Gasteiger partial charge in [-0.2, -0.15) is 0 Å². The van der Waals surface area contributed by atoms with Gasteiger partial charge in [-0.1, -0.05) is 13.0 Å². The maximum Gasteiger partial charge on any atom is 0.119 e. The van der Waals surface area contributed by atoms with Crippen LogP contribution in [0.5, 0.6) is 5.75 Å². The molecule has 2 N–H and O–H groups in total. The van der Waals surface area contributed by atoms with Gasteiger partial charge in [0.2, 0.25) is 0 Å². The molecule has 4 heteroatoms. The molecular weight excluding hydrogens is 276 g/mol. The van der Waals surface area contributed by atoms with E-state index in [2.05, 4.69) is 30.1 Å². The standard InChI is InChI=1S/C18H30N2O2/c1-5-15-12-16(22-13(2)3)6-7-17(15)18(21)14(4)20-10-8-19-9-11-20/h6-7,12-14,18-19,21H,5,8-11H2,1-4H3. The van der Waals surface area contributed by atoms with Crippen LogP contribution in [0.3, 0.4) is 0 Å². The van der Waals surface area contributed by atoms with E-state index in [1.54, 1.807) is 0 Å². The van der Waals surface area contributed by atoms with Crippen LogP contribution in [0.1, 0.15) is 44.9 Å². The van der Waals surface area contributed by atoms with Crippen molar-refractivity contribution in [2.24, 2.45) is 0 Å². The van der Waals surface area contributed by atoms with E-state index in [9.17, 15) is 5.11 Å². The quantitative estimate of drug-likeness (QED) is 0.847. The van der Waals surface area contributed by atoms with Gasteiger partial charge in [0.05, 0.1) is 12.2 Å². The Morgan fingerprint density at radius 3 is 2.50 bits per heavy atom. The Labute approximate surface area is 134 Å². The summed E-state index contributed by atoms with van der Waals surface area (Å²) >= 11 is 0. The van der Waals surface area contributed by atoms with E-state index in [-0.39, 0.29) is 12.1 Å². The second-order valence-electron chi connectivity index (χ2n) is 6.35. The van der Waals surface area contributed by atoms with E-state index in [0.29, 0.717) is 0 Å². The maximum atomic E-state index is 10.8. The molecule has 0 aliphatic carbocycles. The molecule has 0 spiro atoms. The highest BCUT2D eigenvalue weighted by Crippen LogP contribution is 2.28. The highest BCUT2D eigenvalue weighted by atomic mass is 16.5. The van der Waals surface area contributed by atoms with Crippen molar-refractivity contribution in [3.05, 3.63) is 29.3 Å². The molecule has 0 amide bonds. The molecule has 1 heterocycles. The molecule has 2 rings (SSSR count). The van der Waals surface area contributed by atoms with Crippen molar-refractivity contribution in [2.75, 3.05) is 26.2 Å². The van der Waals surface area contributed by atoms with Crippen molar-refractivity contribution in [1.82, 2.24) is 10.2 Å². The van der Waals surface area contributed by atoms with Crippen LogP contribution in [0.15, 0.2) is 18.2 Å². The fourth-order valence-electron chi connectivity index (χ4n) is 3.07. The van der Waals surface area contributed by atoms with Crippen LogP contribution in [-0.4, -0.2) is 48.3 Å². The van der Waals surface area contributed by atoms with Crippen molar-refractivity contribution in [3.63, 3.8) is 0 Å². The number of benzene rings is 1. The predicted molar refractivity (Wildman–Crippen MR) is 90.4 cm³/mol. The fraction of sp³-hybridized carbons (Fsp3) is 0.667. The summed E-state index contributed by atoms with van der Waals surface area (Å²) < 4.78 is 5.77. The smallest absolute Gasteiger partial charge is 0.119 e. The molecule has 2 unspecified atom stereocenters. The molecule has 0 aromatic heterocycles. The summed E-state index contributed by atoms with van der Waals surface area (Å²) in [6, 6.07) is 6.20. The lowest BCUT2D eigenvalue weighted by atomic mass is 9.95. The summed E-state index contributed by atoms with van der Waals surface area (Å²) in [6.07, 6.45) is 0.608. The molecule has 1 saturated heterocycles. The minimum absolute atomic E-state index is 0.129. The van der Waals surface area contributed by atoms with Gasteiger partial charge in [-0.05, 0) is 50.5 Å². The third-order valence-corrected chi connectivity index (χ3v) is 4.37. The molecule has 2 atom stereocenters. The van der Waals surface area contributed by atoms with Crippen molar-refractivity contribution in [1.29, 1.82) is 0 Å². The SMILES string of the molecule is CCc1cc(OC(C)C)ccc1C(O)C(C)N1CCNCC1. The molecule has 1 aromatic carbocycles. The van der Waals surface area contributed by atoms with E-state index in [0.717, 1.165) is 43.9 Å². The first-order valence-electron chi connectivity index (χ1n) is 8.45. The Morgan fingerprint density at radius 1 is 1.23 bits per heavy atom. The van der Waals surface area contributed by atoms with E-state index in [1.165, 1.54) is 5.56 Å². The van der Waals surface area contributed by atoms with Crippen LogP contribution in [0.4, 0.5) is 0 Å². The number of rotatable bonds is 6. The Hall–Kier alpha value is -1.10. The first-order valence-corrected chi connectivity index (χ1v) is 8.45. The van der Waals surface area contributed by atoms with Crippen molar-refractivity contribution in [3.8, 4) is 5.75 Å². The van der Waals surface area contributed by atoms with E-state index in [1.807, 2.05) is 26.0 Å². The van der Waals surface area contributed by atoms with Crippen LogP contribution < -0.4 is 10.1 Å². The molecule has 1 aliphatic rings. The lowest BCUT2D eigenvalue weighted by Gasteiger charge is -2.36. The second kappa shape index (κ2) is 7.95. The average Bonchev–Trinajstić information content (AvgIpc) is 2.53. The molecule has 1 aromatic rings. The van der Waals surface area contributed by atoms with Crippen LogP contribution in [0.25, 0.3) is 0 Å². The minimum atomic E-state index is -0.457. The third-order valence-electron chi connectivity index (χ3n) is 4.37. The minimum Gasteiger partial charge on any atom is -0.491 e. The van der Waals surface area contributed by atoms with Gasteiger partial charge < -0.3 is 15.2 Å². The van der Waals surface area contributed by atoms with Gasteiger partial charge in [-0.15, -0.1) is 0 Å². The zero-order chi connectivity index (χ0) is 16.1. The monoisotopic (exact) mass is 306 g/mol. The summed E-state index contributed by atoms with van der Waals surface area (Å²) in [5.74, 6) is 0.887. The Bertz CT molecular complexity index is 470.